The van der Waals surface area contributed by atoms with Gasteiger partial charge in [-0.1, -0.05) is 6.07 Å². The number of anilines is 2. The SMILES string of the molecule is N#Cc1nccnc1NC(CCN(CCCCc1ccc2c(n1)NCCC2)CCOCC(F)(F)F)C(=O)O. The number of hydrogen-bond donors (Lipinski definition) is 3. The minimum atomic E-state index is -4.41. The molecule has 0 saturated carbocycles. The van der Waals surface area contributed by atoms with Crippen LogP contribution in [-0.4, -0.2) is 82.5 Å². The zero-order valence-electron chi connectivity index (χ0n) is 21.0. The van der Waals surface area contributed by atoms with Gasteiger partial charge in [-0.25, -0.2) is 19.7 Å². The molecule has 1 atom stereocenters. The summed E-state index contributed by atoms with van der Waals surface area (Å²) >= 11 is 0. The molecule has 0 spiro atoms. The lowest BCUT2D eigenvalue weighted by Crippen LogP contribution is -2.37. The van der Waals surface area contributed by atoms with Gasteiger partial charge in [-0.3, -0.25) is 0 Å². The number of unbranched alkanes of at least 4 members (excludes halogenated alkanes) is 1. The molecule has 3 N–H and O–H groups in total. The lowest BCUT2D eigenvalue weighted by molar-refractivity contribution is -0.174. The number of aliphatic carboxylic acids is 1. The molecule has 1 aliphatic heterocycles. The number of hydrogen-bond acceptors (Lipinski definition) is 9. The maximum absolute atomic E-state index is 12.5. The molecule has 0 fully saturated rings. The third-order valence-electron chi connectivity index (χ3n) is 6.07. The molecule has 3 rings (SSSR count). The Kier molecular flexibility index (Phi) is 11.0. The molecule has 13 heteroatoms. The van der Waals surface area contributed by atoms with Gasteiger partial charge in [-0.05, 0) is 56.7 Å². The number of aryl methyl sites for hydroxylation is 2. The zero-order valence-corrected chi connectivity index (χ0v) is 21.0. The van der Waals surface area contributed by atoms with Crippen LogP contribution < -0.4 is 10.6 Å². The van der Waals surface area contributed by atoms with Gasteiger partial charge in [0.2, 0.25) is 0 Å². The van der Waals surface area contributed by atoms with Crippen LogP contribution in [0.5, 0.6) is 0 Å². The van der Waals surface area contributed by atoms with Crippen LogP contribution in [0.1, 0.15) is 42.6 Å². The van der Waals surface area contributed by atoms with Crippen molar-refractivity contribution in [2.75, 3.05) is 50.0 Å². The fourth-order valence-electron chi connectivity index (χ4n) is 4.13. The first-order valence-corrected chi connectivity index (χ1v) is 12.5. The first kappa shape index (κ1) is 29.1. The summed E-state index contributed by atoms with van der Waals surface area (Å²) in [6, 6.07) is 4.92. The van der Waals surface area contributed by atoms with Gasteiger partial charge >= 0.3 is 12.1 Å². The molecule has 2 aromatic heterocycles. The molecule has 10 nitrogen and oxygen atoms in total. The Morgan fingerprint density at radius 1 is 1.24 bits per heavy atom. The number of aromatic nitrogens is 3. The van der Waals surface area contributed by atoms with E-state index >= 15 is 0 Å². The second-order valence-electron chi connectivity index (χ2n) is 9.00. The number of ether oxygens (including phenoxy) is 1. The lowest BCUT2D eigenvalue weighted by Gasteiger charge is -2.25. The summed E-state index contributed by atoms with van der Waals surface area (Å²) in [6.07, 6.45) is 2.84. The summed E-state index contributed by atoms with van der Waals surface area (Å²) < 4.78 is 42.1. The number of pyridine rings is 1. The zero-order chi connectivity index (χ0) is 27.4. The van der Waals surface area contributed by atoms with Crippen molar-refractivity contribution in [1.82, 2.24) is 19.9 Å². The van der Waals surface area contributed by atoms with Crippen molar-refractivity contribution in [2.45, 2.75) is 50.7 Å². The number of carboxylic acids is 1. The molecular weight excluding hydrogens is 503 g/mol. The van der Waals surface area contributed by atoms with E-state index in [2.05, 4.69) is 31.7 Å². The maximum Gasteiger partial charge on any atom is 0.411 e. The molecule has 0 radical (unpaired) electrons. The van der Waals surface area contributed by atoms with E-state index < -0.39 is 24.8 Å². The Bertz CT molecular complexity index is 1090. The molecular formula is C25H32F3N7O3. The van der Waals surface area contributed by atoms with Crippen LogP contribution in [0, 0.1) is 11.3 Å². The predicted molar refractivity (Wildman–Crippen MR) is 134 cm³/mol. The Labute approximate surface area is 219 Å². The molecule has 1 unspecified atom stereocenters. The summed E-state index contributed by atoms with van der Waals surface area (Å²) in [7, 11) is 0. The normalized spacial score (nSPS) is 13.9. The van der Waals surface area contributed by atoms with E-state index in [9.17, 15) is 28.3 Å². The van der Waals surface area contributed by atoms with Gasteiger partial charge < -0.3 is 25.4 Å². The van der Waals surface area contributed by atoms with Crippen molar-refractivity contribution in [2.24, 2.45) is 0 Å². The molecule has 1 aliphatic rings. The van der Waals surface area contributed by atoms with Crippen molar-refractivity contribution in [1.29, 1.82) is 5.26 Å². The molecule has 0 bridgehead atoms. The standard InChI is InChI=1S/C25H32F3N7O3/c26-25(27,28)17-38-15-14-35(12-2-1-5-19-7-6-18-4-3-9-31-22(18)33-19)13-8-20(24(36)37)34-23-21(16-29)30-10-11-32-23/h6-7,10-11,20H,1-5,8-9,12-15,17H2,(H,31,33)(H,32,34)(H,36,37). The third kappa shape index (κ3) is 9.75. The summed E-state index contributed by atoms with van der Waals surface area (Å²) in [5.74, 6) is -0.138. The summed E-state index contributed by atoms with van der Waals surface area (Å²) in [5.41, 5.74) is 2.17. The predicted octanol–water partition coefficient (Wildman–Crippen LogP) is 3.26. The minimum Gasteiger partial charge on any atom is -0.480 e. The van der Waals surface area contributed by atoms with Crippen molar-refractivity contribution in [3.8, 4) is 6.07 Å². The fraction of sp³-hybridized carbons (Fsp3) is 0.560. The largest absolute Gasteiger partial charge is 0.480 e. The van der Waals surface area contributed by atoms with Gasteiger partial charge in [-0.2, -0.15) is 18.4 Å². The average Bonchev–Trinajstić information content (AvgIpc) is 2.90. The number of halogens is 3. The molecule has 0 aliphatic carbocycles. The molecule has 3 heterocycles. The van der Waals surface area contributed by atoms with E-state index in [4.69, 9.17) is 4.74 Å². The van der Waals surface area contributed by atoms with Gasteiger partial charge in [0, 0.05) is 37.7 Å². The van der Waals surface area contributed by atoms with E-state index in [1.54, 1.807) is 0 Å². The number of carboxylic acid groups (broad SMARTS) is 1. The van der Waals surface area contributed by atoms with E-state index in [0.717, 1.165) is 50.2 Å². The van der Waals surface area contributed by atoms with Crippen LogP contribution >= 0.6 is 0 Å². The average molecular weight is 536 g/mol. The molecule has 206 valence electrons. The highest BCUT2D eigenvalue weighted by Crippen LogP contribution is 2.20. The topological polar surface area (TPSA) is 136 Å². The van der Waals surface area contributed by atoms with E-state index in [-0.39, 0.29) is 31.1 Å². The first-order valence-electron chi connectivity index (χ1n) is 12.5. The second kappa shape index (κ2) is 14.4. The minimum absolute atomic E-state index is 0.0258. The van der Waals surface area contributed by atoms with Crippen LogP contribution in [0.4, 0.5) is 24.8 Å². The van der Waals surface area contributed by atoms with Crippen molar-refractivity contribution in [3.05, 3.63) is 41.5 Å². The number of fused-ring (bicyclic) bond motifs is 1. The Balaban J connectivity index is 1.53. The maximum atomic E-state index is 12.5. The summed E-state index contributed by atoms with van der Waals surface area (Å²) in [5, 5.41) is 24.9. The van der Waals surface area contributed by atoms with Crippen molar-refractivity contribution in [3.63, 3.8) is 0 Å². The van der Waals surface area contributed by atoms with E-state index in [1.807, 2.05) is 17.0 Å². The number of carbonyl (C=O) groups is 1. The van der Waals surface area contributed by atoms with Gasteiger partial charge in [0.05, 0.1) is 6.61 Å². The first-order chi connectivity index (χ1) is 18.2. The van der Waals surface area contributed by atoms with Gasteiger partial charge in [0.15, 0.2) is 11.5 Å². The highest BCUT2D eigenvalue weighted by atomic mass is 19.4. The Morgan fingerprint density at radius 3 is 2.82 bits per heavy atom. The molecule has 2 aromatic rings. The number of nitriles is 1. The van der Waals surface area contributed by atoms with Crippen LogP contribution in [0.3, 0.4) is 0 Å². The molecule has 0 saturated heterocycles. The quantitative estimate of drug-likeness (QED) is 0.292. The summed E-state index contributed by atoms with van der Waals surface area (Å²) in [6.45, 7) is 0.517. The smallest absolute Gasteiger partial charge is 0.411 e. The second-order valence-corrected chi connectivity index (χ2v) is 9.00. The number of nitrogens with zero attached hydrogens (tertiary/aromatic N) is 5. The highest BCUT2D eigenvalue weighted by Gasteiger charge is 2.27. The molecule has 0 amide bonds. The monoisotopic (exact) mass is 535 g/mol. The number of alkyl halides is 3. The lowest BCUT2D eigenvalue weighted by atomic mass is 10.1. The number of nitrogens with one attached hydrogen (secondary N) is 2. The van der Waals surface area contributed by atoms with Gasteiger partial charge in [0.1, 0.15) is 24.5 Å². The fourth-order valence-corrected chi connectivity index (χ4v) is 4.13. The van der Waals surface area contributed by atoms with Crippen LogP contribution in [0.2, 0.25) is 0 Å². The van der Waals surface area contributed by atoms with Gasteiger partial charge in [-0.15, -0.1) is 0 Å². The van der Waals surface area contributed by atoms with E-state index in [1.165, 1.54) is 18.0 Å². The van der Waals surface area contributed by atoms with Crippen LogP contribution in [0.25, 0.3) is 0 Å². The molecule has 0 aromatic carbocycles. The third-order valence-corrected chi connectivity index (χ3v) is 6.07. The number of rotatable bonds is 15. The van der Waals surface area contributed by atoms with E-state index in [0.29, 0.717) is 13.1 Å². The molecule has 38 heavy (non-hydrogen) atoms. The highest BCUT2D eigenvalue weighted by molar-refractivity contribution is 5.77. The van der Waals surface area contributed by atoms with Crippen molar-refractivity contribution < 1.29 is 27.8 Å². The Hall–Kier alpha value is -3.50. The van der Waals surface area contributed by atoms with Crippen LogP contribution in [-0.2, 0) is 22.4 Å². The van der Waals surface area contributed by atoms with Gasteiger partial charge in [0.25, 0.3) is 0 Å². The van der Waals surface area contributed by atoms with Crippen molar-refractivity contribution >= 4 is 17.6 Å². The summed E-state index contributed by atoms with van der Waals surface area (Å²) in [4.78, 5) is 26.3. The van der Waals surface area contributed by atoms with Crippen LogP contribution in [0.15, 0.2) is 24.5 Å². The Morgan fingerprint density at radius 2 is 2.05 bits per heavy atom.